The normalized spacial score (nSPS) is 34.6. The summed E-state index contributed by atoms with van der Waals surface area (Å²) in [4.78, 5) is 90.7. The Morgan fingerprint density at radius 1 is 0.444 bits per heavy atom. The first kappa shape index (κ1) is 82.0. The first-order valence-corrected chi connectivity index (χ1v) is 43.4. The van der Waals surface area contributed by atoms with E-state index in [1.807, 2.05) is 80.3 Å². The third-order valence-corrected chi connectivity index (χ3v) is 29.1. The lowest BCUT2D eigenvalue weighted by Crippen LogP contribution is -2.47. The van der Waals surface area contributed by atoms with E-state index in [9.17, 15) is 70.4 Å². The molecule has 6 aliphatic heterocycles. The van der Waals surface area contributed by atoms with Gasteiger partial charge in [-0.15, -0.1) is 0 Å². The van der Waals surface area contributed by atoms with Gasteiger partial charge in [0.1, 0.15) is 18.7 Å². The lowest BCUT2D eigenvalue weighted by Gasteiger charge is -2.43. The Bertz CT molecular complexity index is 2940. The molecule has 0 aromatic heterocycles. The van der Waals surface area contributed by atoms with E-state index in [0.29, 0.717) is 31.8 Å². The van der Waals surface area contributed by atoms with Gasteiger partial charge in [-0.1, -0.05) is 101 Å². The van der Waals surface area contributed by atoms with Crippen LogP contribution in [0.1, 0.15) is 122 Å². The first-order valence-electron chi connectivity index (χ1n) is 28.4. The van der Waals surface area contributed by atoms with Crippen LogP contribution in [0.25, 0.3) is 0 Å². The summed E-state index contributed by atoms with van der Waals surface area (Å²) in [5.41, 5.74) is 2.97. The van der Waals surface area contributed by atoms with Crippen molar-refractivity contribution in [1.29, 1.82) is 0 Å². The van der Waals surface area contributed by atoms with E-state index in [-0.39, 0.29) is 46.5 Å². The van der Waals surface area contributed by atoms with E-state index >= 15 is 0 Å². The Labute approximate surface area is 527 Å². The molecular formula is C48H94N3O30P9. The second-order valence-corrected chi connectivity index (χ2v) is 40.8. The van der Waals surface area contributed by atoms with Crippen LogP contribution >= 0.6 is 69.7 Å². The summed E-state index contributed by atoms with van der Waals surface area (Å²) < 4.78 is 162. The van der Waals surface area contributed by atoms with Crippen LogP contribution in [0.5, 0.6) is 0 Å². The van der Waals surface area contributed by atoms with Crippen LogP contribution in [-0.4, -0.2) is 149 Å². The molecule has 42 heteroatoms. The van der Waals surface area contributed by atoms with Crippen LogP contribution in [0, 0.1) is 45.8 Å². The molecule has 9 N–H and O–H groups in total. The van der Waals surface area contributed by atoms with Gasteiger partial charge < -0.3 is 73.0 Å². The van der Waals surface area contributed by atoms with Crippen molar-refractivity contribution in [3.8, 4) is 0 Å². The van der Waals surface area contributed by atoms with Crippen molar-refractivity contribution < 1.29 is 139 Å². The highest BCUT2D eigenvalue weighted by molar-refractivity contribution is 7.69. The summed E-state index contributed by atoms with van der Waals surface area (Å²) >= 11 is 0. The van der Waals surface area contributed by atoms with Crippen molar-refractivity contribution >= 4 is 69.7 Å². The summed E-state index contributed by atoms with van der Waals surface area (Å²) in [7, 11) is -44.5. The van der Waals surface area contributed by atoms with Crippen molar-refractivity contribution in [2.24, 2.45) is 45.8 Å². The van der Waals surface area contributed by atoms with E-state index in [2.05, 4.69) is 69.2 Å². The zero-order valence-corrected chi connectivity index (χ0v) is 61.3. The molecule has 0 spiro atoms. The second-order valence-electron chi connectivity index (χ2n) is 25.7. The number of rotatable bonds is 24. The van der Waals surface area contributed by atoms with Crippen LogP contribution in [0.2, 0.25) is 0 Å². The van der Waals surface area contributed by atoms with E-state index in [4.69, 9.17) is 42.5 Å². The van der Waals surface area contributed by atoms with Crippen LogP contribution in [0.15, 0.2) is 48.6 Å². The summed E-state index contributed by atoms with van der Waals surface area (Å²) in [6.07, 6.45) is 4.66. The molecule has 20 atom stereocenters. The van der Waals surface area contributed by atoms with Gasteiger partial charge >= 0.3 is 69.7 Å². The fourth-order valence-electron chi connectivity index (χ4n) is 10.8. The van der Waals surface area contributed by atoms with Gasteiger partial charge in [0, 0.05) is 72.6 Å². The maximum absolute atomic E-state index is 12.1. The molecule has 20 unspecified atom stereocenters. The number of phosphoric ester groups is 3. The minimum Gasteiger partial charge on any atom is -0.352 e. The SMILES string of the molecule is C=C1CCC(C)=CN1C1OC(COP(=O)(O)OP(=O)(O)OP(C)(=O)O)C(C)C1(C)C.C=C1CCC(C)CN1C1OC(COP(=O)(O)OP(=O)(O)OP(C)(=O)O)C(C)C1(C)C.C=C1CCC(C)CN1C1OC(COP(=O)(O)OP(=O)(O)OP(C)(=O)O)C(C)C1(C)C. The average molecular weight is 1470 g/mol. The third kappa shape index (κ3) is 24.2. The Kier molecular flexibility index (Phi) is 27.7. The van der Waals surface area contributed by atoms with Gasteiger partial charge in [-0.2, -0.15) is 12.9 Å². The lowest BCUT2D eigenvalue weighted by atomic mass is 9.77. The molecule has 526 valence electrons. The van der Waals surface area contributed by atoms with Crippen LogP contribution in [0.3, 0.4) is 0 Å². The molecule has 6 heterocycles. The summed E-state index contributed by atoms with van der Waals surface area (Å²) in [6, 6.07) is 0. The van der Waals surface area contributed by atoms with Crippen LogP contribution in [-0.2, 0) is 94.7 Å². The number of hydrogen-bond donors (Lipinski definition) is 9. The number of nitrogens with zero attached hydrogens (tertiary/aromatic N) is 3. The molecule has 6 aliphatic rings. The summed E-state index contributed by atoms with van der Waals surface area (Å²) in [5, 5.41) is 0. The monoisotopic (exact) mass is 1470 g/mol. The highest BCUT2D eigenvalue weighted by Crippen LogP contribution is 2.69. The molecule has 0 aromatic rings. The molecule has 0 bridgehead atoms. The van der Waals surface area contributed by atoms with Gasteiger partial charge in [-0.05, 0) is 75.0 Å². The minimum absolute atomic E-state index is 0.0991. The Morgan fingerprint density at radius 2 is 0.722 bits per heavy atom. The molecule has 5 saturated heterocycles. The zero-order chi connectivity index (χ0) is 69.4. The molecule has 0 radical (unpaired) electrons. The Hall–Kier alpha value is -0.410. The van der Waals surface area contributed by atoms with E-state index in [1.54, 1.807) is 0 Å². The second kappa shape index (κ2) is 30.4. The number of phosphoric acid groups is 6. The van der Waals surface area contributed by atoms with Gasteiger partial charge in [0.05, 0.1) is 38.1 Å². The molecule has 0 saturated carbocycles. The van der Waals surface area contributed by atoms with E-state index in [1.165, 1.54) is 5.57 Å². The Morgan fingerprint density at radius 3 is 1.01 bits per heavy atom. The van der Waals surface area contributed by atoms with Crippen molar-refractivity contribution in [3.05, 3.63) is 48.6 Å². The number of hydrogen-bond acceptors (Lipinski definition) is 24. The smallest absolute Gasteiger partial charge is 0.352 e. The quantitative estimate of drug-likeness (QED) is 0.0405. The maximum atomic E-state index is 12.1. The summed E-state index contributed by atoms with van der Waals surface area (Å²) in [6.45, 7) is 38.8. The molecule has 0 aromatic carbocycles. The van der Waals surface area contributed by atoms with Gasteiger partial charge in [0.15, 0.2) is 0 Å². The van der Waals surface area contributed by atoms with Crippen LogP contribution < -0.4 is 0 Å². The topological polar surface area (TPSA) is 456 Å². The predicted molar refractivity (Wildman–Crippen MR) is 328 cm³/mol. The maximum Gasteiger partial charge on any atom is 0.488 e. The fraction of sp³-hybridized carbons (Fsp3) is 0.833. The highest BCUT2D eigenvalue weighted by Gasteiger charge is 2.55. The van der Waals surface area contributed by atoms with Crippen molar-refractivity contribution in [1.82, 2.24) is 14.7 Å². The fourth-order valence-corrected chi connectivity index (χ4v) is 21.3. The molecule has 33 nitrogen and oxygen atoms in total. The van der Waals surface area contributed by atoms with Crippen molar-refractivity contribution in [2.75, 3.05) is 52.9 Å². The average Bonchev–Trinajstić information content (AvgIpc) is 1.64. The van der Waals surface area contributed by atoms with E-state index < -0.39 is 114 Å². The molecule has 0 aliphatic carbocycles. The number of allylic oxidation sites excluding steroid dienone is 4. The van der Waals surface area contributed by atoms with Gasteiger partial charge in [-0.25, -0.2) is 40.3 Å². The first-order chi connectivity index (χ1) is 40.3. The number of piperidine rings is 2. The molecule has 5 fully saturated rings. The highest BCUT2D eigenvalue weighted by atomic mass is 31.3. The van der Waals surface area contributed by atoms with Gasteiger partial charge in [0.2, 0.25) is 0 Å². The van der Waals surface area contributed by atoms with Crippen molar-refractivity contribution in [2.45, 2.75) is 159 Å². The Balaban J connectivity index is 0.000000288. The van der Waals surface area contributed by atoms with Gasteiger partial charge in [0.25, 0.3) is 0 Å². The van der Waals surface area contributed by atoms with Crippen LogP contribution in [0.4, 0.5) is 0 Å². The molecule has 90 heavy (non-hydrogen) atoms. The number of likely N-dealkylation sites (tertiary alicyclic amines) is 2. The third-order valence-electron chi connectivity index (χ3n) is 16.6. The van der Waals surface area contributed by atoms with Crippen molar-refractivity contribution in [3.63, 3.8) is 0 Å². The standard InChI is InChI=1S/2C16H32NO10P3.C16H30NO10P3/c3*1-11-7-8-12(2)17(9-11)15-16(4,5)13(3)14(25-15)10-24-29(20,21)27-30(22,23)26-28(6,18)19/h2*11,13-15H,2,7-10H2,1,3-6H3,(H,18,19)(H,20,21)(H,22,23);9,13-15H,2,7-8,10H2,1,3-6H3,(H,18,19)(H,20,21)(H,22,23). The minimum atomic E-state index is -5.31. The largest absolute Gasteiger partial charge is 0.488 e. The molecule has 0 amide bonds. The van der Waals surface area contributed by atoms with Gasteiger partial charge in [-0.3, -0.25) is 27.3 Å². The summed E-state index contributed by atoms with van der Waals surface area (Å²) in [5.74, 6) is 0.630. The zero-order valence-electron chi connectivity index (χ0n) is 53.3. The molecule has 6 rings (SSSR count). The molecular weight excluding hydrogens is 1380 g/mol. The number of ether oxygens (including phenoxy) is 3. The van der Waals surface area contributed by atoms with E-state index in [0.717, 1.165) is 68.7 Å². The lowest BCUT2D eigenvalue weighted by molar-refractivity contribution is -0.0912. The predicted octanol–water partition coefficient (Wildman–Crippen LogP) is 11.3.